The third-order valence-corrected chi connectivity index (χ3v) is 3.78. The van der Waals surface area contributed by atoms with Gasteiger partial charge in [0.15, 0.2) is 0 Å². The van der Waals surface area contributed by atoms with Gasteiger partial charge in [0.05, 0.1) is 12.6 Å². The van der Waals surface area contributed by atoms with Crippen molar-refractivity contribution >= 4 is 6.09 Å². The molecule has 1 atom stereocenters. The summed E-state index contributed by atoms with van der Waals surface area (Å²) in [6.07, 6.45) is 3.50. The molecule has 4 heteroatoms. The molecule has 0 aromatic rings. The van der Waals surface area contributed by atoms with Crippen molar-refractivity contribution in [1.82, 2.24) is 4.90 Å². The summed E-state index contributed by atoms with van der Waals surface area (Å²) in [6, 6.07) is 0. The molecule has 1 unspecified atom stereocenters. The minimum Gasteiger partial charge on any atom is -0.444 e. The maximum absolute atomic E-state index is 12.0. The van der Waals surface area contributed by atoms with Crippen molar-refractivity contribution in [1.29, 1.82) is 0 Å². The van der Waals surface area contributed by atoms with Crippen molar-refractivity contribution in [3.8, 4) is 0 Å². The fourth-order valence-corrected chi connectivity index (χ4v) is 2.55. The first-order valence-corrected chi connectivity index (χ1v) is 6.37. The monoisotopic (exact) mass is 241 g/mol. The van der Waals surface area contributed by atoms with Crippen LogP contribution < -0.4 is 0 Å². The molecule has 17 heavy (non-hydrogen) atoms. The predicted octanol–water partition coefficient (Wildman–Crippen LogP) is 2.42. The van der Waals surface area contributed by atoms with Gasteiger partial charge in [0.2, 0.25) is 0 Å². The molecule has 0 bridgehead atoms. The van der Waals surface area contributed by atoms with Crippen molar-refractivity contribution in [2.45, 2.75) is 51.7 Å². The number of ether oxygens (including phenoxy) is 2. The number of piperidine rings is 1. The van der Waals surface area contributed by atoms with E-state index >= 15 is 0 Å². The normalized spacial score (nSPS) is 27.1. The van der Waals surface area contributed by atoms with Crippen LogP contribution in [0.25, 0.3) is 0 Å². The molecule has 1 saturated heterocycles. The Bertz CT molecular complexity index is 304. The maximum Gasteiger partial charge on any atom is 0.410 e. The van der Waals surface area contributed by atoms with E-state index in [2.05, 4.69) is 0 Å². The summed E-state index contributed by atoms with van der Waals surface area (Å²) in [5.41, 5.74) is -0.0539. The molecule has 1 amide bonds. The first-order chi connectivity index (χ1) is 7.86. The molecule has 1 spiro atoms. The molecular formula is C13H23NO3. The fourth-order valence-electron chi connectivity index (χ4n) is 2.55. The molecule has 1 aliphatic carbocycles. The van der Waals surface area contributed by atoms with Crippen LogP contribution in [0.4, 0.5) is 4.79 Å². The average Bonchev–Trinajstić information content (AvgIpc) is 2.96. The second kappa shape index (κ2) is 4.16. The average molecular weight is 241 g/mol. The molecule has 1 saturated carbocycles. The standard InChI is InChI=1S/C13H23NO3/c1-12(2,3)17-11(15)14-8-7-13(5-6-13)10(9-14)16-4/h10H,5-9H2,1-4H3. The van der Waals surface area contributed by atoms with Gasteiger partial charge >= 0.3 is 6.09 Å². The first-order valence-electron chi connectivity index (χ1n) is 6.37. The molecular weight excluding hydrogens is 218 g/mol. The Kier molecular flexibility index (Phi) is 3.10. The lowest BCUT2D eigenvalue weighted by Crippen LogP contribution is -2.49. The van der Waals surface area contributed by atoms with E-state index in [-0.39, 0.29) is 12.2 Å². The highest BCUT2D eigenvalue weighted by Crippen LogP contribution is 2.54. The zero-order valence-electron chi connectivity index (χ0n) is 11.3. The zero-order chi connectivity index (χ0) is 12.7. The number of carbonyl (C=O) groups is 1. The van der Waals surface area contributed by atoms with E-state index in [9.17, 15) is 4.79 Å². The van der Waals surface area contributed by atoms with Crippen LogP contribution in [-0.2, 0) is 9.47 Å². The van der Waals surface area contributed by atoms with Crippen molar-refractivity contribution in [2.24, 2.45) is 5.41 Å². The van der Waals surface area contributed by atoms with Crippen molar-refractivity contribution < 1.29 is 14.3 Å². The van der Waals surface area contributed by atoms with E-state index in [1.54, 1.807) is 12.0 Å². The number of methoxy groups -OCH3 is 1. The van der Waals surface area contributed by atoms with Gasteiger partial charge in [0, 0.05) is 19.1 Å². The molecule has 0 aromatic heterocycles. The van der Waals surface area contributed by atoms with Crippen LogP contribution in [0.1, 0.15) is 40.0 Å². The lowest BCUT2D eigenvalue weighted by atomic mass is 9.90. The molecule has 98 valence electrons. The summed E-state index contributed by atoms with van der Waals surface area (Å²) >= 11 is 0. The van der Waals surface area contributed by atoms with Crippen LogP contribution in [-0.4, -0.2) is 42.9 Å². The number of hydrogen-bond donors (Lipinski definition) is 0. The van der Waals surface area contributed by atoms with Gasteiger partial charge in [-0.25, -0.2) is 4.79 Å². The lowest BCUT2D eigenvalue weighted by Gasteiger charge is -2.38. The highest BCUT2D eigenvalue weighted by molar-refractivity contribution is 5.68. The molecule has 1 heterocycles. The molecule has 2 aliphatic rings. The molecule has 0 aromatic carbocycles. The number of nitrogens with zero attached hydrogens (tertiary/aromatic N) is 1. The predicted molar refractivity (Wildman–Crippen MR) is 64.9 cm³/mol. The Morgan fingerprint density at radius 1 is 1.29 bits per heavy atom. The van der Waals surface area contributed by atoms with Gasteiger partial charge in [0.1, 0.15) is 5.60 Å². The number of likely N-dealkylation sites (tertiary alicyclic amines) is 1. The summed E-state index contributed by atoms with van der Waals surface area (Å²) in [7, 11) is 1.74. The first kappa shape index (κ1) is 12.7. The van der Waals surface area contributed by atoms with Gasteiger partial charge in [-0.15, -0.1) is 0 Å². The maximum atomic E-state index is 12.0. The Morgan fingerprint density at radius 3 is 2.41 bits per heavy atom. The number of carbonyl (C=O) groups excluding carboxylic acids is 1. The van der Waals surface area contributed by atoms with E-state index in [1.807, 2.05) is 20.8 Å². The van der Waals surface area contributed by atoms with Crippen LogP contribution in [0.2, 0.25) is 0 Å². The van der Waals surface area contributed by atoms with Gasteiger partial charge in [-0.05, 0) is 40.0 Å². The Labute approximate surface area is 103 Å². The molecule has 0 radical (unpaired) electrons. The van der Waals surface area contributed by atoms with E-state index in [1.165, 1.54) is 12.8 Å². The summed E-state index contributed by atoms with van der Waals surface area (Å²) in [6.45, 7) is 7.15. The molecule has 2 fully saturated rings. The third-order valence-electron chi connectivity index (χ3n) is 3.78. The molecule has 0 N–H and O–H groups in total. The summed E-state index contributed by atoms with van der Waals surface area (Å²) in [5.74, 6) is 0. The third kappa shape index (κ3) is 2.73. The summed E-state index contributed by atoms with van der Waals surface area (Å²) in [5, 5.41) is 0. The second-order valence-electron chi connectivity index (χ2n) is 6.26. The Balaban J connectivity index is 1.93. The minimum absolute atomic E-state index is 0.184. The molecule has 4 nitrogen and oxygen atoms in total. The Morgan fingerprint density at radius 2 is 1.94 bits per heavy atom. The summed E-state index contributed by atoms with van der Waals surface area (Å²) < 4.78 is 10.9. The van der Waals surface area contributed by atoms with E-state index in [0.29, 0.717) is 12.0 Å². The van der Waals surface area contributed by atoms with Crippen LogP contribution >= 0.6 is 0 Å². The second-order valence-corrected chi connectivity index (χ2v) is 6.26. The van der Waals surface area contributed by atoms with Crippen molar-refractivity contribution in [3.63, 3.8) is 0 Å². The van der Waals surface area contributed by atoms with Gasteiger partial charge in [0.25, 0.3) is 0 Å². The van der Waals surface area contributed by atoms with Crippen LogP contribution in [0.15, 0.2) is 0 Å². The van der Waals surface area contributed by atoms with Gasteiger partial charge in [-0.1, -0.05) is 0 Å². The quantitative estimate of drug-likeness (QED) is 0.707. The highest BCUT2D eigenvalue weighted by atomic mass is 16.6. The number of rotatable bonds is 1. The molecule has 1 aliphatic heterocycles. The van der Waals surface area contributed by atoms with Crippen LogP contribution in [0, 0.1) is 5.41 Å². The van der Waals surface area contributed by atoms with Crippen molar-refractivity contribution in [2.75, 3.05) is 20.2 Å². The van der Waals surface area contributed by atoms with Crippen LogP contribution in [0.3, 0.4) is 0 Å². The van der Waals surface area contributed by atoms with E-state index in [0.717, 1.165) is 13.0 Å². The molecule has 2 rings (SSSR count). The van der Waals surface area contributed by atoms with E-state index in [4.69, 9.17) is 9.47 Å². The van der Waals surface area contributed by atoms with Crippen molar-refractivity contribution in [3.05, 3.63) is 0 Å². The topological polar surface area (TPSA) is 38.8 Å². The smallest absolute Gasteiger partial charge is 0.410 e. The van der Waals surface area contributed by atoms with Gasteiger partial charge in [-0.3, -0.25) is 0 Å². The van der Waals surface area contributed by atoms with Gasteiger partial charge < -0.3 is 14.4 Å². The minimum atomic E-state index is -0.422. The fraction of sp³-hybridized carbons (Fsp3) is 0.923. The van der Waals surface area contributed by atoms with Crippen LogP contribution in [0.5, 0.6) is 0 Å². The SMILES string of the molecule is COC1CN(C(=O)OC(C)(C)C)CCC12CC2. The largest absolute Gasteiger partial charge is 0.444 e. The highest BCUT2D eigenvalue weighted by Gasteiger charge is 2.53. The number of amides is 1. The Hall–Kier alpha value is -0.770. The van der Waals surface area contributed by atoms with E-state index < -0.39 is 5.60 Å². The van der Waals surface area contributed by atoms with Gasteiger partial charge in [-0.2, -0.15) is 0 Å². The number of hydrogen-bond acceptors (Lipinski definition) is 3. The lowest BCUT2D eigenvalue weighted by molar-refractivity contribution is -0.0365. The summed E-state index contributed by atoms with van der Waals surface area (Å²) in [4.78, 5) is 13.7. The zero-order valence-corrected chi connectivity index (χ0v) is 11.3.